The van der Waals surface area contributed by atoms with Gasteiger partial charge in [0.1, 0.15) is 12.2 Å². The molecule has 178 valence electrons. The number of ether oxygens (including phenoxy) is 2. The summed E-state index contributed by atoms with van der Waals surface area (Å²) in [5.41, 5.74) is 3.44. The first-order valence-electron chi connectivity index (χ1n) is 11.8. The molecule has 0 radical (unpaired) electrons. The highest BCUT2D eigenvalue weighted by Crippen LogP contribution is 2.25. The summed E-state index contributed by atoms with van der Waals surface area (Å²) in [6.45, 7) is 11.5. The molecule has 0 N–H and O–H groups in total. The Morgan fingerprint density at radius 2 is 1.33 bits per heavy atom. The fourth-order valence-electron chi connectivity index (χ4n) is 4.28. The molecule has 0 fully saturated rings. The molecule has 33 heavy (non-hydrogen) atoms. The molecule has 0 aromatic heterocycles. The monoisotopic (exact) mass is 452 g/mol. The van der Waals surface area contributed by atoms with Crippen LogP contribution in [0.5, 0.6) is 0 Å². The molecule has 3 unspecified atom stereocenters. The van der Waals surface area contributed by atoms with Gasteiger partial charge in [-0.25, -0.2) is 9.59 Å². The van der Waals surface area contributed by atoms with E-state index in [1.54, 1.807) is 24.3 Å². The number of carbonyl (C=O) groups is 3. The van der Waals surface area contributed by atoms with Crippen LogP contribution in [0.25, 0.3) is 0 Å². The van der Waals surface area contributed by atoms with E-state index in [2.05, 4.69) is 0 Å². The van der Waals surface area contributed by atoms with E-state index in [-0.39, 0.29) is 5.92 Å². The summed E-state index contributed by atoms with van der Waals surface area (Å²) < 4.78 is 11.6. The Morgan fingerprint density at radius 3 is 1.85 bits per heavy atom. The molecule has 0 bridgehead atoms. The summed E-state index contributed by atoms with van der Waals surface area (Å²) in [6, 6.07) is 12.6. The Kier molecular flexibility index (Phi) is 9.83. The lowest BCUT2D eigenvalue weighted by atomic mass is 9.91. The topological polar surface area (TPSA) is 69.7 Å². The van der Waals surface area contributed by atoms with Crippen LogP contribution in [0.3, 0.4) is 0 Å². The predicted octanol–water partition coefficient (Wildman–Crippen LogP) is 6.17. The summed E-state index contributed by atoms with van der Waals surface area (Å²) in [5.74, 6) is -2.15. The van der Waals surface area contributed by atoms with E-state index in [0.717, 1.165) is 29.5 Å². The highest BCUT2D eigenvalue weighted by atomic mass is 16.6. The highest BCUT2D eigenvalue weighted by Gasteiger charge is 2.33. The molecule has 0 heterocycles. The molecule has 2 rings (SSSR count). The molecule has 0 spiro atoms. The van der Waals surface area contributed by atoms with E-state index < -0.39 is 29.9 Å². The van der Waals surface area contributed by atoms with Gasteiger partial charge in [-0.15, -0.1) is 0 Å². The molecule has 0 saturated carbocycles. The average Bonchev–Trinajstić information content (AvgIpc) is 2.77. The Labute approximate surface area is 197 Å². The summed E-state index contributed by atoms with van der Waals surface area (Å²) in [5, 5.41) is 0. The molecule has 2 aromatic carbocycles. The van der Waals surface area contributed by atoms with Crippen molar-refractivity contribution in [3.05, 3.63) is 70.3 Å². The normalized spacial score (nSPS) is 13.6. The largest absolute Gasteiger partial charge is 0.458 e. The van der Waals surface area contributed by atoms with E-state index in [4.69, 9.17) is 9.47 Å². The number of carbonyl (C=O) groups excluding carboxylic acids is 3. The van der Waals surface area contributed by atoms with Gasteiger partial charge < -0.3 is 9.47 Å². The Bertz CT molecular complexity index is 941. The van der Waals surface area contributed by atoms with Gasteiger partial charge in [-0.2, -0.15) is 0 Å². The molecule has 2 aromatic rings. The van der Waals surface area contributed by atoms with Crippen LogP contribution in [0.15, 0.2) is 42.5 Å². The minimum atomic E-state index is -0.861. The molecule has 0 amide bonds. The maximum atomic E-state index is 13.0. The first kappa shape index (κ1) is 26.3. The van der Waals surface area contributed by atoms with Gasteiger partial charge in [0.2, 0.25) is 0 Å². The van der Waals surface area contributed by atoms with Crippen LogP contribution in [0, 0.1) is 26.7 Å². The lowest BCUT2D eigenvalue weighted by molar-refractivity contribution is -0.148. The third kappa shape index (κ3) is 7.01. The van der Waals surface area contributed by atoms with E-state index in [1.807, 2.05) is 59.7 Å². The lowest BCUT2D eigenvalue weighted by Gasteiger charge is -2.30. The van der Waals surface area contributed by atoms with E-state index in [0.29, 0.717) is 24.0 Å². The van der Waals surface area contributed by atoms with Crippen molar-refractivity contribution in [2.24, 2.45) is 5.92 Å². The van der Waals surface area contributed by atoms with Crippen molar-refractivity contribution in [1.82, 2.24) is 0 Å². The van der Waals surface area contributed by atoms with Gasteiger partial charge in [0.15, 0.2) is 0 Å². The maximum Gasteiger partial charge on any atom is 0.379 e. The minimum absolute atomic E-state index is 0.255. The Morgan fingerprint density at radius 1 is 0.818 bits per heavy atom. The Balaban J connectivity index is 2.19. The van der Waals surface area contributed by atoms with Crippen molar-refractivity contribution in [2.45, 2.75) is 79.4 Å². The fourth-order valence-corrected chi connectivity index (χ4v) is 4.28. The molecular formula is C28H36O5. The number of aryl methyl sites for hydroxylation is 3. The molecule has 0 saturated heterocycles. The number of hydrogen-bond donors (Lipinski definition) is 0. The van der Waals surface area contributed by atoms with Crippen molar-refractivity contribution in [1.29, 1.82) is 0 Å². The lowest BCUT2D eigenvalue weighted by Crippen LogP contribution is -2.37. The second-order valence-corrected chi connectivity index (χ2v) is 8.79. The highest BCUT2D eigenvalue weighted by molar-refractivity contribution is 6.41. The van der Waals surface area contributed by atoms with Crippen LogP contribution >= 0.6 is 0 Å². The van der Waals surface area contributed by atoms with E-state index in [9.17, 15) is 14.4 Å². The molecule has 0 aliphatic rings. The van der Waals surface area contributed by atoms with Crippen LogP contribution in [-0.2, 0) is 14.3 Å². The van der Waals surface area contributed by atoms with Crippen molar-refractivity contribution >= 4 is 17.7 Å². The van der Waals surface area contributed by atoms with Crippen LogP contribution in [0.2, 0.25) is 0 Å². The van der Waals surface area contributed by atoms with Crippen LogP contribution in [0.4, 0.5) is 0 Å². The van der Waals surface area contributed by atoms with Gasteiger partial charge in [-0.3, -0.25) is 4.79 Å². The zero-order valence-electron chi connectivity index (χ0n) is 20.6. The second kappa shape index (κ2) is 12.3. The number of Topliss-reactive ketones (excluding diaryl/α,β-unsaturated/α-hetero) is 1. The first-order valence-corrected chi connectivity index (χ1v) is 11.8. The number of rotatable bonds is 11. The smallest absolute Gasteiger partial charge is 0.379 e. The quantitative estimate of drug-likeness (QED) is 0.232. The van der Waals surface area contributed by atoms with Gasteiger partial charge in [0.25, 0.3) is 5.78 Å². The third-order valence-corrected chi connectivity index (χ3v) is 5.94. The van der Waals surface area contributed by atoms with E-state index in [1.165, 1.54) is 0 Å². The summed E-state index contributed by atoms with van der Waals surface area (Å²) >= 11 is 0. The van der Waals surface area contributed by atoms with Crippen LogP contribution in [-0.4, -0.2) is 29.9 Å². The Hall–Kier alpha value is -2.95. The zero-order valence-corrected chi connectivity index (χ0v) is 20.6. The van der Waals surface area contributed by atoms with Gasteiger partial charge in [0, 0.05) is 11.5 Å². The second-order valence-electron chi connectivity index (χ2n) is 8.79. The SMILES string of the molecule is CCCC(OC(=O)C(=O)c1c(C)cc(C)cc1C)C(C)C(CCC)OC(=O)c1ccccc1. The third-order valence-electron chi connectivity index (χ3n) is 5.94. The minimum Gasteiger partial charge on any atom is -0.458 e. The summed E-state index contributed by atoms with van der Waals surface area (Å²) in [7, 11) is 0. The average molecular weight is 453 g/mol. The maximum absolute atomic E-state index is 13.0. The van der Waals surface area contributed by atoms with Crippen LogP contribution < -0.4 is 0 Å². The summed E-state index contributed by atoms with van der Waals surface area (Å²) in [4.78, 5) is 38.5. The predicted molar refractivity (Wildman–Crippen MR) is 129 cm³/mol. The first-order chi connectivity index (χ1) is 15.7. The summed E-state index contributed by atoms with van der Waals surface area (Å²) in [6.07, 6.45) is 1.84. The molecular weight excluding hydrogens is 416 g/mol. The van der Waals surface area contributed by atoms with Crippen molar-refractivity contribution in [2.75, 3.05) is 0 Å². The van der Waals surface area contributed by atoms with Gasteiger partial charge >= 0.3 is 11.9 Å². The fraction of sp³-hybridized carbons (Fsp3) is 0.464. The van der Waals surface area contributed by atoms with Gasteiger partial charge in [0.05, 0.1) is 5.56 Å². The number of benzene rings is 2. The molecule has 5 nitrogen and oxygen atoms in total. The zero-order chi connectivity index (χ0) is 24.5. The molecule has 0 aliphatic carbocycles. The van der Waals surface area contributed by atoms with Gasteiger partial charge in [-0.05, 0) is 56.9 Å². The number of esters is 2. The number of ketones is 1. The molecule has 5 heteroatoms. The standard InChI is InChI=1S/C28H36O5/c1-7-12-23(32-27(30)22-14-10-9-11-15-22)21(6)24(13-8-2)33-28(31)26(29)25-19(4)16-18(3)17-20(25)5/h9-11,14-17,21,23-24H,7-8,12-13H2,1-6H3. The van der Waals surface area contributed by atoms with Crippen LogP contribution in [0.1, 0.15) is 83.9 Å². The number of hydrogen-bond acceptors (Lipinski definition) is 5. The van der Waals surface area contributed by atoms with Gasteiger partial charge in [-0.1, -0.05) is 69.5 Å². The van der Waals surface area contributed by atoms with Crippen molar-refractivity contribution in [3.8, 4) is 0 Å². The molecule has 3 atom stereocenters. The van der Waals surface area contributed by atoms with Crippen molar-refractivity contribution in [3.63, 3.8) is 0 Å². The van der Waals surface area contributed by atoms with E-state index >= 15 is 0 Å². The van der Waals surface area contributed by atoms with Crippen molar-refractivity contribution < 1.29 is 23.9 Å². The molecule has 0 aliphatic heterocycles.